The van der Waals surface area contributed by atoms with Crippen LogP contribution < -0.4 is 15.4 Å². The highest BCUT2D eigenvalue weighted by Gasteiger charge is 2.09. The maximum atomic E-state index is 12.1. The molecule has 0 aliphatic heterocycles. The van der Waals surface area contributed by atoms with Crippen molar-refractivity contribution in [1.82, 2.24) is 0 Å². The second-order valence-electron chi connectivity index (χ2n) is 6.39. The fraction of sp³-hybridized carbons (Fsp3) is 0.136. The van der Waals surface area contributed by atoms with Crippen molar-refractivity contribution in [3.05, 3.63) is 86.3 Å². The number of carbonyl (C=O) groups excluding carboxylic acids is 1. The molecule has 3 rings (SSSR count). The van der Waals surface area contributed by atoms with Gasteiger partial charge in [-0.1, -0.05) is 47.5 Å². The zero-order chi connectivity index (χ0) is 20.8. The third-order valence-corrected chi connectivity index (χ3v) is 5.37. The van der Waals surface area contributed by atoms with Crippen LogP contribution in [0.2, 0.25) is 10.0 Å². The summed E-state index contributed by atoms with van der Waals surface area (Å²) in [5, 5.41) is 7.28. The smallest absolute Gasteiger partial charge is 0.262 e. The highest BCUT2D eigenvalue weighted by molar-refractivity contribution is 9.10. The van der Waals surface area contributed by atoms with Gasteiger partial charge in [0.25, 0.3) is 5.91 Å². The van der Waals surface area contributed by atoms with Gasteiger partial charge in [0.2, 0.25) is 0 Å². The molecule has 0 fully saturated rings. The molecule has 0 aliphatic rings. The highest BCUT2D eigenvalue weighted by Crippen LogP contribution is 2.27. The van der Waals surface area contributed by atoms with Gasteiger partial charge in [0.05, 0.1) is 15.2 Å². The van der Waals surface area contributed by atoms with Gasteiger partial charge >= 0.3 is 0 Å². The summed E-state index contributed by atoms with van der Waals surface area (Å²) in [4.78, 5) is 12.1. The van der Waals surface area contributed by atoms with E-state index in [0.29, 0.717) is 28.0 Å². The van der Waals surface area contributed by atoms with Crippen molar-refractivity contribution in [3.8, 4) is 5.75 Å². The van der Waals surface area contributed by atoms with Crippen molar-refractivity contribution in [2.24, 2.45) is 0 Å². The standard InChI is InChI=1S/C22H19BrCl2N2O2/c1-14-6-8-16(24)11-20(14)26-12-15-7-9-21(17(23)10-15)29-13-22(28)27-19-5-3-2-4-18(19)25/h2-11,26H,12-13H2,1H3,(H,27,28). The Bertz CT molecular complexity index is 1030. The number of para-hydroxylation sites is 1. The van der Waals surface area contributed by atoms with Crippen LogP contribution in [-0.2, 0) is 11.3 Å². The Morgan fingerprint density at radius 1 is 1.03 bits per heavy atom. The lowest BCUT2D eigenvalue weighted by Gasteiger charge is -2.13. The molecule has 3 aromatic carbocycles. The summed E-state index contributed by atoms with van der Waals surface area (Å²) in [6.07, 6.45) is 0. The lowest BCUT2D eigenvalue weighted by Crippen LogP contribution is -2.20. The minimum atomic E-state index is -0.285. The van der Waals surface area contributed by atoms with E-state index in [1.807, 2.05) is 43.3 Å². The van der Waals surface area contributed by atoms with Crippen molar-refractivity contribution < 1.29 is 9.53 Å². The van der Waals surface area contributed by atoms with Crippen LogP contribution in [-0.4, -0.2) is 12.5 Å². The Morgan fingerprint density at radius 3 is 2.59 bits per heavy atom. The zero-order valence-electron chi connectivity index (χ0n) is 15.6. The van der Waals surface area contributed by atoms with E-state index in [4.69, 9.17) is 27.9 Å². The lowest BCUT2D eigenvalue weighted by molar-refractivity contribution is -0.118. The number of benzene rings is 3. The van der Waals surface area contributed by atoms with Crippen LogP contribution in [0.15, 0.2) is 65.1 Å². The van der Waals surface area contributed by atoms with E-state index in [-0.39, 0.29) is 12.5 Å². The van der Waals surface area contributed by atoms with Gasteiger partial charge in [-0.3, -0.25) is 4.79 Å². The van der Waals surface area contributed by atoms with Crippen LogP contribution in [0.5, 0.6) is 5.75 Å². The molecule has 0 radical (unpaired) electrons. The van der Waals surface area contributed by atoms with Crippen molar-refractivity contribution in [1.29, 1.82) is 0 Å². The number of aryl methyl sites for hydroxylation is 1. The van der Waals surface area contributed by atoms with E-state index >= 15 is 0 Å². The first-order valence-corrected chi connectivity index (χ1v) is 10.4. The van der Waals surface area contributed by atoms with Gasteiger partial charge in [-0.2, -0.15) is 0 Å². The average molecular weight is 494 g/mol. The molecule has 29 heavy (non-hydrogen) atoms. The SMILES string of the molecule is Cc1ccc(Cl)cc1NCc1ccc(OCC(=O)Nc2ccccc2Cl)c(Br)c1. The van der Waals surface area contributed by atoms with E-state index in [2.05, 4.69) is 26.6 Å². The quantitative estimate of drug-likeness (QED) is 0.385. The number of carbonyl (C=O) groups is 1. The molecule has 0 saturated heterocycles. The molecular weight excluding hydrogens is 475 g/mol. The number of rotatable bonds is 7. The molecule has 3 aromatic rings. The summed E-state index contributed by atoms with van der Waals surface area (Å²) >= 11 is 15.6. The monoisotopic (exact) mass is 492 g/mol. The largest absolute Gasteiger partial charge is 0.483 e. The Kier molecular flexibility index (Phi) is 7.42. The van der Waals surface area contributed by atoms with Gasteiger partial charge in [0.15, 0.2) is 6.61 Å². The second-order valence-corrected chi connectivity index (χ2v) is 8.09. The van der Waals surface area contributed by atoms with E-state index in [9.17, 15) is 4.79 Å². The topological polar surface area (TPSA) is 50.4 Å². The number of anilines is 2. The first kappa shape index (κ1) is 21.5. The molecule has 150 valence electrons. The van der Waals surface area contributed by atoms with Gasteiger partial charge in [0.1, 0.15) is 5.75 Å². The third-order valence-electron chi connectivity index (χ3n) is 4.19. The van der Waals surface area contributed by atoms with Crippen LogP contribution in [0, 0.1) is 6.92 Å². The number of halogens is 3. The molecule has 0 unspecified atom stereocenters. The van der Waals surface area contributed by atoms with Crippen LogP contribution in [0.1, 0.15) is 11.1 Å². The summed E-state index contributed by atoms with van der Waals surface area (Å²) in [5.74, 6) is 0.300. The summed E-state index contributed by atoms with van der Waals surface area (Å²) < 4.78 is 6.39. The molecule has 0 bridgehead atoms. The number of ether oxygens (including phenoxy) is 1. The van der Waals surface area contributed by atoms with Crippen molar-refractivity contribution >= 4 is 56.4 Å². The van der Waals surface area contributed by atoms with Crippen LogP contribution in [0.4, 0.5) is 11.4 Å². The predicted octanol–water partition coefficient (Wildman–Crippen LogP) is 6.69. The van der Waals surface area contributed by atoms with Crippen molar-refractivity contribution in [2.75, 3.05) is 17.2 Å². The van der Waals surface area contributed by atoms with Crippen LogP contribution >= 0.6 is 39.1 Å². The van der Waals surface area contributed by atoms with Gasteiger partial charge in [-0.15, -0.1) is 0 Å². The predicted molar refractivity (Wildman–Crippen MR) is 123 cm³/mol. The Balaban J connectivity index is 1.56. The number of hydrogen-bond donors (Lipinski definition) is 2. The molecular formula is C22H19BrCl2N2O2. The van der Waals surface area contributed by atoms with E-state index < -0.39 is 0 Å². The molecule has 4 nitrogen and oxygen atoms in total. The molecule has 7 heteroatoms. The number of amides is 1. The van der Waals surface area contributed by atoms with Gasteiger partial charge in [-0.25, -0.2) is 0 Å². The first-order chi connectivity index (χ1) is 13.9. The minimum absolute atomic E-state index is 0.122. The molecule has 0 heterocycles. The maximum absolute atomic E-state index is 12.1. The summed E-state index contributed by atoms with van der Waals surface area (Å²) in [7, 11) is 0. The number of nitrogens with one attached hydrogen (secondary N) is 2. The fourth-order valence-corrected chi connectivity index (χ4v) is 3.54. The maximum Gasteiger partial charge on any atom is 0.262 e. The second kappa shape index (κ2) is 10.0. The van der Waals surface area contributed by atoms with E-state index in [1.54, 1.807) is 24.3 Å². The van der Waals surface area contributed by atoms with E-state index in [1.165, 1.54) is 0 Å². The van der Waals surface area contributed by atoms with Gasteiger partial charge < -0.3 is 15.4 Å². The van der Waals surface area contributed by atoms with Gasteiger partial charge in [0, 0.05) is 17.3 Å². The Hall–Kier alpha value is -2.21. The normalized spacial score (nSPS) is 10.5. The summed E-state index contributed by atoms with van der Waals surface area (Å²) in [6.45, 7) is 2.54. The summed E-state index contributed by atoms with van der Waals surface area (Å²) in [5.41, 5.74) is 3.73. The molecule has 0 aromatic heterocycles. The van der Waals surface area contributed by atoms with Crippen LogP contribution in [0.3, 0.4) is 0 Å². The van der Waals surface area contributed by atoms with Crippen LogP contribution in [0.25, 0.3) is 0 Å². The Labute approximate surface area is 188 Å². The minimum Gasteiger partial charge on any atom is -0.483 e. The molecule has 0 spiro atoms. The number of hydrogen-bond acceptors (Lipinski definition) is 3. The van der Waals surface area contributed by atoms with E-state index in [0.717, 1.165) is 21.3 Å². The molecule has 2 N–H and O–H groups in total. The Morgan fingerprint density at radius 2 is 1.83 bits per heavy atom. The average Bonchev–Trinajstić information content (AvgIpc) is 2.69. The van der Waals surface area contributed by atoms with Crippen molar-refractivity contribution in [2.45, 2.75) is 13.5 Å². The molecule has 0 saturated carbocycles. The van der Waals surface area contributed by atoms with Crippen molar-refractivity contribution in [3.63, 3.8) is 0 Å². The van der Waals surface area contributed by atoms with Gasteiger partial charge in [-0.05, 0) is 70.4 Å². The fourth-order valence-electron chi connectivity index (χ4n) is 2.65. The summed E-state index contributed by atoms with van der Waals surface area (Å²) in [6, 6.07) is 18.5. The zero-order valence-corrected chi connectivity index (χ0v) is 18.7. The molecule has 1 amide bonds. The highest BCUT2D eigenvalue weighted by atomic mass is 79.9. The third kappa shape index (κ3) is 6.13. The molecule has 0 atom stereocenters. The first-order valence-electron chi connectivity index (χ1n) is 8.88. The lowest BCUT2D eigenvalue weighted by atomic mass is 10.1. The molecule has 0 aliphatic carbocycles.